The Labute approximate surface area is 125 Å². The summed E-state index contributed by atoms with van der Waals surface area (Å²) in [6, 6.07) is 9.53. The number of rotatable bonds is 4. The van der Waals surface area contributed by atoms with Gasteiger partial charge in [-0.1, -0.05) is 22.0 Å². The zero-order chi connectivity index (χ0) is 14.7. The van der Waals surface area contributed by atoms with Crippen molar-refractivity contribution in [3.63, 3.8) is 0 Å². The molecule has 0 aliphatic carbocycles. The summed E-state index contributed by atoms with van der Waals surface area (Å²) in [5.41, 5.74) is 6.65. The molecule has 2 aromatic rings. The Bertz CT molecular complexity index is 617. The lowest BCUT2D eigenvalue weighted by atomic mass is 10.1. The second-order valence-corrected chi connectivity index (χ2v) is 5.25. The third-order valence-corrected chi connectivity index (χ3v) is 3.31. The van der Waals surface area contributed by atoms with Crippen molar-refractivity contribution in [1.82, 2.24) is 0 Å². The number of methoxy groups -OCH3 is 1. The van der Waals surface area contributed by atoms with Crippen LogP contribution in [0.4, 0.5) is 4.39 Å². The van der Waals surface area contributed by atoms with Gasteiger partial charge in [-0.25, -0.2) is 4.39 Å². The molecule has 0 unspecified atom stereocenters. The highest BCUT2D eigenvalue weighted by molar-refractivity contribution is 9.10. The van der Waals surface area contributed by atoms with Gasteiger partial charge in [-0.3, -0.25) is 0 Å². The van der Waals surface area contributed by atoms with E-state index in [2.05, 4.69) is 15.9 Å². The molecule has 106 valence electrons. The van der Waals surface area contributed by atoms with Crippen LogP contribution in [0.5, 0.6) is 17.2 Å². The third-order valence-electron chi connectivity index (χ3n) is 2.81. The minimum atomic E-state index is -0.438. The van der Waals surface area contributed by atoms with Crippen LogP contribution in [0.2, 0.25) is 0 Å². The highest BCUT2D eigenvalue weighted by Gasteiger charge is 2.16. The average Bonchev–Trinajstić information content (AvgIpc) is 2.42. The molecule has 0 aromatic heterocycles. The van der Waals surface area contributed by atoms with Gasteiger partial charge in [0.05, 0.1) is 12.7 Å². The molecule has 0 saturated heterocycles. The Morgan fingerprint density at radius 3 is 2.50 bits per heavy atom. The van der Waals surface area contributed by atoms with Crippen molar-refractivity contribution in [2.45, 2.75) is 13.0 Å². The van der Waals surface area contributed by atoms with Crippen LogP contribution in [0, 0.1) is 5.82 Å². The van der Waals surface area contributed by atoms with Crippen molar-refractivity contribution in [1.29, 1.82) is 0 Å². The van der Waals surface area contributed by atoms with Gasteiger partial charge in [0.15, 0.2) is 11.6 Å². The van der Waals surface area contributed by atoms with E-state index in [0.29, 0.717) is 17.1 Å². The van der Waals surface area contributed by atoms with Crippen LogP contribution in [0.25, 0.3) is 0 Å². The van der Waals surface area contributed by atoms with Crippen molar-refractivity contribution in [2.75, 3.05) is 7.11 Å². The lowest BCUT2D eigenvalue weighted by Gasteiger charge is -2.17. The first-order chi connectivity index (χ1) is 9.52. The molecule has 0 spiro atoms. The molecule has 0 bridgehead atoms. The largest absolute Gasteiger partial charge is 0.496 e. The quantitative estimate of drug-likeness (QED) is 0.897. The first-order valence-corrected chi connectivity index (χ1v) is 6.87. The molecule has 20 heavy (non-hydrogen) atoms. The van der Waals surface area contributed by atoms with Crippen LogP contribution >= 0.6 is 15.9 Å². The van der Waals surface area contributed by atoms with Crippen LogP contribution < -0.4 is 15.2 Å². The number of nitrogens with two attached hydrogens (primary N) is 1. The van der Waals surface area contributed by atoms with Gasteiger partial charge >= 0.3 is 0 Å². The van der Waals surface area contributed by atoms with Gasteiger partial charge in [0.25, 0.3) is 0 Å². The maximum Gasteiger partial charge on any atom is 0.165 e. The molecule has 0 aliphatic heterocycles. The molecule has 2 N–H and O–H groups in total. The summed E-state index contributed by atoms with van der Waals surface area (Å²) >= 11 is 3.29. The maximum absolute atomic E-state index is 13.8. The van der Waals surface area contributed by atoms with E-state index < -0.39 is 5.82 Å². The van der Waals surface area contributed by atoms with E-state index in [1.807, 2.05) is 6.92 Å². The topological polar surface area (TPSA) is 44.5 Å². The average molecular weight is 340 g/mol. The summed E-state index contributed by atoms with van der Waals surface area (Å²) in [7, 11) is 1.56. The lowest BCUT2D eigenvalue weighted by molar-refractivity contribution is 0.393. The van der Waals surface area contributed by atoms with Crippen LogP contribution in [-0.4, -0.2) is 7.11 Å². The molecule has 3 nitrogen and oxygen atoms in total. The van der Waals surface area contributed by atoms with Crippen LogP contribution in [0.3, 0.4) is 0 Å². The van der Waals surface area contributed by atoms with Crippen molar-refractivity contribution < 1.29 is 13.9 Å². The fourth-order valence-electron chi connectivity index (χ4n) is 1.91. The van der Waals surface area contributed by atoms with Gasteiger partial charge in [0.1, 0.15) is 11.5 Å². The summed E-state index contributed by atoms with van der Waals surface area (Å²) in [5, 5.41) is 0. The normalized spacial score (nSPS) is 12.1. The highest BCUT2D eigenvalue weighted by atomic mass is 79.9. The van der Waals surface area contributed by atoms with Crippen molar-refractivity contribution in [2.24, 2.45) is 5.73 Å². The van der Waals surface area contributed by atoms with Crippen LogP contribution in [-0.2, 0) is 0 Å². The number of benzene rings is 2. The minimum Gasteiger partial charge on any atom is -0.496 e. The molecule has 2 rings (SSSR count). The molecule has 0 amide bonds. The summed E-state index contributed by atoms with van der Waals surface area (Å²) in [6.07, 6.45) is 0. The molecule has 0 heterocycles. The molecule has 0 radical (unpaired) electrons. The highest BCUT2D eigenvalue weighted by Crippen LogP contribution is 2.36. The van der Waals surface area contributed by atoms with E-state index in [4.69, 9.17) is 15.2 Å². The Morgan fingerprint density at radius 2 is 1.85 bits per heavy atom. The number of halogens is 2. The summed E-state index contributed by atoms with van der Waals surface area (Å²) in [4.78, 5) is 0. The van der Waals surface area contributed by atoms with E-state index in [1.165, 1.54) is 6.07 Å². The molecular formula is C15H15BrFNO2. The fraction of sp³-hybridized carbons (Fsp3) is 0.200. The van der Waals surface area contributed by atoms with Gasteiger partial charge in [-0.05, 0) is 37.3 Å². The second kappa shape index (κ2) is 6.24. The Hall–Kier alpha value is -1.59. The summed E-state index contributed by atoms with van der Waals surface area (Å²) in [6.45, 7) is 1.82. The number of ether oxygens (including phenoxy) is 2. The van der Waals surface area contributed by atoms with Crippen molar-refractivity contribution in [3.8, 4) is 17.2 Å². The Morgan fingerprint density at radius 1 is 1.15 bits per heavy atom. The van der Waals surface area contributed by atoms with Gasteiger partial charge < -0.3 is 15.2 Å². The van der Waals surface area contributed by atoms with Crippen LogP contribution in [0.1, 0.15) is 18.5 Å². The van der Waals surface area contributed by atoms with Gasteiger partial charge in [-0.2, -0.15) is 0 Å². The summed E-state index contributed by atoms with van der Waals surface area (Å²) < 4.78 is 25.4. The molecule has 0 aliphatic rings. The smallest absolute Gasteiger partial charge is 0.165 e. The predicted molar refractivity (Wildman–Crippen MR) is 79.8 cm³/mol. The van der Waals surface area contributed by atoms with E-state index in [-0.39, 0.29) is 11.8 Å². The van der Waals surface area contributed by atoms with Gasteiger partial charge in [0, 0.05) is 10.5 Å². The van der Waals surface area contributed by atoms with Crippen molar-refractivity contribution in [3.05, 3.63) is 52.3 Å². The maximum atomic E-state index is 13.8. The zero-order valence-electron chi connectivity index (χ0n) is 11.2. The van der Waals surface area contributed by atoms with E-state index in [1.54, 1.807) is 37.4 Å². The predicted octanol–water partition coefficient (Wildman–Crippen LogP) is 4.41. The number of hydrogen-bond donors (Lipinski definition) is 1. The molecule has 0 fully saturated rings. The van der Waals surface area contributed by atoms with Gasteiger partial charge in [-0.15, -0.1) is 0 Å². The minimum absolute atomic E-state index is 0.134. The Kier molecular flexibility index (Phi) is 4.62. The van der Waals surface area contributed by atoms with Crippen molar-refractivity contribution >= 4 is 15.9 Å². The fourth-order valence-corrected chi connectivity index (χ4v) is 2.25. The molecular weight excluding hydrogens is 325 g/mol. The van der Waals surface area contributed by atoms with Gasteiger partial charge in [0.2, 0.25) is 0 Å². The van der Waals surface area contributed by atoms with E-state index >= 15 is 0 Å². The monoisotopic (exact) mass is 339 g/mol. The third kappa shape index (κ3) is 3.11. The Balaban J connectivity index is 2.45. The lowest BCUT2D eigenvalue weighted by Crippen LogP contribution is -2.09. The zero-order valence-corrected chi connectivity index (χ0v) is 12.8. The van der Waals surface area contributed by atoms with E-state index in [0.717, 1.165) is 4.47 Å². The molecule has 2 aromatic carbocycles. The second-order valence-electron chi connectivity index (χ2n) is 4.34. The first kappa shape index (κ1) is 14.8. The first-order valence-electron chi connectivity index (χ1n) is 6.08. The molecule has 0 saturated carbocycles. The molecule has 1 atom stereocenters. The van der Waals surface area contributed by atoms with E-state index in [9.17, 15) is 4.39 Å². The van der Waals surface area contributed by atoms with Crippen LogP contribution in [0.15, 0.2) is 40.9 Å². The molecule has 5 heteroatoms. The number of hydrogen-bond acceptors (Lipinski definition) is 3. The SMILES string of the molecule is COc1cccc(Oc2cc(Br)ccc2F)c1[C@@H](C)N. The standard InChI is InChI=1S/C15H15BrFNO2/c1-9(18)15-12(19-2)4-3-5-13(15)20-14-8-10(16)6-7-11(14)17/h3-9H,18H2,1-2H3/t9-/m1/s1. The summed E-state index contributed by atoms with van der Waals surface area (Å²) in [5.74, 6) is 0.797.